The molecule has 1 saturated heterocycles. The van der Waals surface area contributed by atoms with E-state index in [-0.39, 0.29) is 17.9 Å². The standard InChI is InChI=1S/C22H20F3N5O/c23-22(24,25)15-4-3-5-16(12-15)30-10-8-29(9-11-30)14-20(31)17(13-26)21-27-18-6-1-2-7-19(18)28-21/h1-7,12,31H,8-11,14H2,(H,27,28)/b20-17-. The fourth-order valence-corrected chi connectivity index (χ4v) is 3.66. The number of allylic oxidation sites excluding steroid dienone is 1. The monoisotopic (exact) mass is 427 g/mol. The summed E-state index contributed by atoms with van der Waals surface area (Å²) in [5, 5.41) is 20.1. The van der Waals surface area contributed by atoms with Gasteiger partial charge in [-0.15, -0.1) is 0 Å². The van der Waals surface area contributed by atoms with Crippen LogP contribution in [0.25, 0.3) is 16.6 Å². The molecule has 0 atom stereocenters. The first-order chi connectivity index (χ1) is 14.8. The van der Waals surface area contributed by atoms with Crippen LogP contribution in [0.15, 0.2) is 54.3 Å². The normalized spacial score (nSPS) is 16.3. The van der Waals surface area contributed by atoms with E-state index < -0.39 is 11.7 Å². The summed E-state index contributed by atoms with van der Waals surface area (Å²) in [4.78, 5) is 11.2. The zero-order valence-electron chi connectivity index (χ0n) is 16.5. The van der Waals surface area contributed by atoms with Crippen molar-refractivity contribution < 1.29 is 18.3 Å². The molecule has 2 heterocycles. The van der Waals surface area contributed by atoms with Crippen LogP contribution in [0.2, 0.25) is 0 Å². The number of rotatable bonds is 4. The number of aromatic amines is 1. The number of aliphatic hydroxyl groups excluding tert-OH is 1. The number of fused-ring (bicyclic) bond motifs is 1. The van der Waals surface area contributed by atoms with E-state index in [2.05, 4.69) is 9.97 Å². The van der Waals surface area contributed by atoms with Crippen LogP contribution < -0.4 is 4.90 Å². The maximum absolute atomic E-state index is 13.0. The molecule has 160 valence electrons. The fourth-order valence-electron chi connectivity index (χ4n) is 3.66. The molecular formula is C22H20F3N5O. The van der Waals surface area contributed by atoms with Gasteiger partial charge in [-0.05, 0) is 30.3 Å². The van der Waals surface area contributed by atoms with Crippen LogP contribution >= 0.6 is 0 Å². The minimum Gasteiger partial charge on any atom is -0.509 e. The molecule has 6 nitrogen and oxygen atoms in total. The number of hydrogen-bond donors (Lipinski definition) is 2. The number of nitrogens with one attached hydrogen (secondary N) is 1. The number of anilines is 1. The number of aliphatic hydroxyl groups is 1. The third-order valence-electron chi connectivity index (χ3n) is 5.31. The summed E-state index contributed by atoms with van der Waals surface area (Å²) in [5.41, 5.74) is 1.41. The fraction of sp³-hybridized carbons (Fsp3) is 0.273. The number of aromatic nitrogens is 2. The van der Waals surface area contributed by atoms with Crippen LogP contribution in [0.4, 0.5) is 18.9 Å². The van der Waals surface area contributed by atoms with E-state index in [9.17, 15) is 23.5 Å². The molecule has 9 heteroatoms. The van der Waals surface area contributed by atoms with Crippen LogP contribution in [0.3, 0.4) is 0 Å². The molecular weight excluding hydrogens is 407 g/mol. The third-order valence-corrected chi connectivity index (χ3v) is 5.31. The predicted octanol–water partition coefficient (Wildman–Crippen LogP) is 4.20. The first-order valence-corrected chi connectivity index (χ1v) is 9.77. The van der Waals surface area contributed by atoms with Gasteiger partial charge in [0.2, 0.25) is 0 Å². The molecule has 1 fully saturated rings. The van der Waals surface area contributed by atoms with Crippen LogP contribution in [0, 0.1) is 11.3 Å². The van der Waals surface area contributed by atoms with Crippen molar-refractivity contribution in [2.45, 2.75) is 6.18 Å². The molecule has 4 rings (SSSR count). The highest BCUT2D eigenvalue weighted by Gasteiger charge is 2.31. The van der Waals surface area contributed by atoms with E-state index in [0.717, 1.165) is 17.6 Å². The molecule has 1 aliphatic rings. The zero-order chi connectivity index (χ0) is 22.0. The summed E-state index contributed by atoms with van der Waals surface area (Å²) in [6.45, 7) is 2.27. The average molecular weight is 427 g/mol. The second-order valence-corrected chi connectivity index (χ2v) is 7.35. The number of benzene rings is 2. The highest BCUT2D eigenvalue weighted by Crippen LogP contribution is 2.32. The van der Waals surface area contributed by atoms with E-state index in [1.807, 2.05) is 40.1 Å². The van der Waals surface area contributed by atoms with Gasteiger partial charge in [0.25, 0.3) is 0 Å². The molecule has 0 unspecified atom stereocenters. The minimum atomic E-state index is -4.38. The molecule has 1 aromatic heterocycles. The molecule has 2 N–H and O–H groups in total. The van der Waals surface area contributed by atoms with Gasteiger partial charge in [-0.2, -0.15) is 18.4 Å². The molecule has 0 amide bonds. The molecule has 0 saturated carbocycles. The van der Waals surface area contributed by atoms with Gasteiger partial charge < -0.3 is 15.0 Å². The number of alkyl halides is 3. The zero-order valence-corrected chi connectivity index (χ0v) is 16.5. The Hall–Kier alpha value is -3.51. The predicted molar refractivity (Wildman–Crippen MR) is 111 cm³/mol. The lowest BCUT2D eigenvalue weighted by atomic mass is 10.1. The number of hydrogen-bond acceptors (Lipinski definition) is 5. The van der Waals surface area contributed by atoms with Gasteiger partial charge in [0.15, 0.2) is 5.82 Å². The Balaban J connectivity index is 1.44. The van der Waals surface area contributed by atoms with Crippen LogP contribution in [0.5, 0.6) is 0 Å². The summed E-state index contributed by atoms with van der Waals surface area (Å²) >= 11 is 0. The Labute approximate surface area is 176 Å². The highest BCUT2D eigenvalue weighted by atomic mass is 19.4. The topological polar surface area (TPSA) is 79.2 Å². The van der Waals surface area contributed by atoms with Crippen LogP contribution in [-0.2, 0) is 6.18 Å². The number of imidazole rings is 1. The quantitative estimate of drug-likeness (QED) is 0.482. The maximum Gasteiger partial charge on any atom is 0.416 e. The summed E-state index contributed by atoms with van der Waals surface area (Å²) in [5.74, 6) is 0.220. The highest BCUT2D eigenvalue weighted by molar-refractivity contribution is 5.82. The molecule has 3 aromatic rings. The third kappa shape index (κ3) is 4.49. The number of piperazine rings is 1. The van der Waals surface area contributed by atoms with Gasteiger partial charge >= 0.3 is 6.18 Å². The molecule has 0 bridgehead atoms. The lowest BCUT2D eigenvalue weighted by Crippen LogP contribution is -2.47. The van der Waals surface area contributed by atoms with Gasteiger partial charge in [-0.1, -0.05) is 18.2 Å². The van der Waals surface area contributed by atoms with E-state index in [1.54, 1.807) is 6.07 Å². The maximum atomic E-state index is 13.0. The summed E-state index contributed by atoms with van der Waals surface area (Å²) in [6, 6.07) is 14.6. The molecule has 31 heavy (non-hydrogen) atoms. The average Bonchev–Trinajstić information content (AvgIpc) is 3.18. The van der Waals surface area contributed by atoms with Gasteiger partial charge in [-0.25, -0.2) is 4.98 Å². The molecule has 0 radical (unpaired) electrons. The van der Waals surface area contributed by atoms with Crippen molar-refractivity contribution in [2.24, 2.45) is 0 Å². The minimum absolute atomic E-state index is 0.0801. The van der Waals surface area contributed by atoms with Gasteiger partial charge in [0.1, 0.15) is 17.4 Å². The SMILES string of the molecule is N#C/C(=C(/O)CN1CCN(c2cccc(C(F)(F)F)c2)CC1)c1nc2ccccc2[nH]1. The largest absolute Gasteiger partial charge is 0.509 e. The van der Waals surface area contributed by atoms with Crippen molar-refractivity contribution in [3.63, 3.8) is 0 Å². The smallest absolute Gasteiger partial charge is 0.416 e. The van der Waals surface area contributed by atoms with Crippen molar-refractivity contribution in [3.8, 4) is 6.07 Å². The van der Waals surface area contributed by atoms with Crippen LogP contribution in [0.1, 0.15) is 11.4 Å². The number of nitrogens with zero attached hydrogens (tertiary/aromatic N) is 4. The Kier molecular flexibility index (Phi) is 5.57. The number of halogens is 3. The van der Waals surface area contributed by atoms with E-state index >= 15 is 0 Å². The lowest BCUT2D eigenvalue weighted by molar-refractivity contribution is -0.137. The molecule has 2 aromatic carbocycles. The van der Waals surface area contributed by atoms with Crippen molar-refractivity contribution >= 4 is 22.3 Å². The second-order valence-electron chi connectivity index (χ2n) is 7.35. The first kappa shape index (κ1) is 20.8. The van der Waals surface area contributed by atoms with Gasteiger partial charge in [-0.3, -0.25) is 4.90 Å². The number of H-pyrrole nitrogens is 1. The molecule has 0 aliphatic carbocycles. The Morgan fingerprint density at radius 2 is 1.84 bits per heavy atom. The van der Waals surface area contributed by atoms with Crippen LogP contribution in [-0.4, -0.2) is 52.7 Å². The number of nitriles is 1. The van der Waals surface area contributed by atoms with Crippen molar-refractivity contribution in [1.29, 1.82) is 5.26 Å². The molecule has 1 aliphatic heterocycles. The summed E-state index contributed by atoms with van der Waals surface area (Å²) < 4.78 is 38.9. The van der Waals surface area contributed by atoms with Gasteiger partial charge in [0.05, 0.1) is 23.1 Å². The Morgan fingerprint density at radius 1 is 1.10 bits per heavy atom. The van der Waals surface area contributed by atoms with Crippen molar-refractivity contribution in [1.82, 2.24) is 14.9 Å². The van der Waals surface area contributed by atoms with E-state index in [4.69, 9.17) is 0 Å². The summed E-state index contributed by atoms with van der Waals surface area (Å²) in [6.07, 6.45) is -4.38. The van der Waals surface area contributed by atoms with E-state index in [1.165, 1.54) is 6.07 Å². The number of para-hydroxylation sites is 2. The molecule has 0 spiro atoms. The Bertz CT molecular complexity index is 1120. The summed E-state index contributed by atoms with van der Waals surface area (Å²) in [7, 11) is 0. The second kappa shape index (κ2) is 8.32. The lowest BCUT2D eigenvalue weighted by Gasteiger charge is -2.36. The van der Waals surface area contributed by atoms with Crippen molar-refractivity contribution in [3.05, 3.63) is 65.7 Å². The van der Waals surface area contributed by atoms with Gasteiger partial charge in [0, 0.05) is 31.9 Å². The van der Waals surface area contributed by atoms with Crippen molar-refractivity contribution in [2.75, 3.05) is 37.6 Å². The first-order valence-electron chi connectivity index (χ1n) is 9.77. The van der Waals surface area contributed by atoms with E-state index in [0.29, 0.717) is 43.2 Å². The Morgan fingerprint density at radius 3 is 2.52 bits per heavy atom.